The van der Waals surface area contributed by atoms with Gasteiger partial charge in [0.1, 0.15) is 12.9 Å². The molecule has 0 aromatic heterocycles. The molecule has 0 unspecified atom stereocenters. The van der Waals surface area contributed by atoms with Crippen LogP contribution in [-0.2, 0) is 14.3 Å². The molecule has 3 saturated carbocycles. The summed E-state index contributed by atoms with van der Waals surface area (Å²) in [5, 5.41) is 0. The van der Waals surface area contributed by atoms with Crippen LogP contribution in [0.2, 0.25) is 0 Å². The lowest BCUT2D eigenvalue weighted by atomic mass is 9.47. The summed E-state index contributed by atoms with van der Waals surface area (Å²) >= 11 is 0. The van der Waals surface area contributed by atoms with Crippen LogP contribution < -0.4 is 0 Å². The normalized spacial score (nSPS) is 53.1. The van der Waals surface area contributed by atoms with Crippen LogP contribution in [0.5, 0.6) is 0 Å². The minimum Gasteiger partial charge on any atom is -0.349 e. The van der Waals surface area contributed by atoms with Gasteiger partial charge in [0, 0.05) is 6.42 Å². The Labute approximate surface area is 150 Å². The van der Waals surface area contributed by atoms with Gasteiger partial charge in [0.2, 0.25) is 0 Å². The molecule has 0 N–H and O–H groups in total. The monoisotopic (exact) mass is 342 g/mol. The number of allylic oxidation sites excluding steroid dienone is 3. The van der Waals surface area contributed by atoms with Crippen LogP contribution >= 0.6 is 0 Å². The predicted octanol–water partition coefficient (Wildman–Crippen LogP) is 4.43. The van der Waals surface area contributed by atoms with Crippen LogP contribution in [0.25, 0.3) is 0 Å². The lowest BCUT2D eigenvalue weighted by Crippen LogP contribution is -2.52. The molecule has 1 aliphatic heterocycles. The summed E-state index contributed by atoms with van der Waals surface area (Å²) in [6.45, 7) is 7.34. The zero-order valence-corrected chi connectivity index (χ0v) is 15.7. The van der Waals surface area contributed by atoms with E-state index >= 15 is 0 Å². The zero-order valence-electron chi connectivity index (χ0n) is 15.7. The molecule has 4 aliphatic carbocycles. The van der Waals surface area contributed by atoms with Gasteiger partial charge in [0.05, 0.1) is 6.10 Å². The molecule has 0 aromatic carbocycles. The van der Waals surface area contributed by atoms with Crippen LogP contribution in [0, 0.1) is 28.6 Å². The Balaban J connectivity index is 1.53. The quantitative estimate of drug-likeness (QED) is 0.483. The largest absolute Gasteiger partial charge is 0.349 e. The van der Waals surface area contributed by atoms with Gasteiger partial charge in [0.25, 0.3) is 0 Å². The lowest BCUT2D eigenvalue weighted by Gasteiger charge is -2.57. The van der Waals surface area contributed by atoms with E-state index in [2.05, 4.69) is 26.0 Å². The molecule has 0 aromatic rings. The second kappa shape index (κ2) is 5.29. The van der Waals surface area contributed by atoms with Gasteiger partial charge >= 0.3 is 0 Å². The van der Waals surface area contributed by atoms with Crippen molar-refractivity contribution in [1.82, 2.24) is 0 Å². The zero-order chi connectivity index (χ0) is 17.4. The van der Waals surface area contributed by atoms with E-state index in [1.165, 1.54) is 24.8 Å². The van der Waals surface area contributed by atoms with E-state index in [0.717, 1.165) is 24.8 Å². The van der Waals surface area contributed by atoms with Gasteiger partial charge in [-0.25, -0.2) is 0 Å². The second-order valence-corrected chi connectivity index (χ2v) is 9.42. The summed E-state index contributed by atoms with van der Waals surface area (Å²) in [6.07, 6.45) is 11.7. The van der Waals surface area contributed by atoms with Crippen molar-refractivity contribution < 1.29 is 14.3 Å². The number of hydrogen-bond acceptors (Lipinski definition) is 3. The highest BCUT2D eigenvalue weighted by Crippen LogP contribution is 2.65. The molecular weight excluding hydrogens is 312 g/mol. The average Bonchev–Trinajstić information content (AvgIpc) is 3.15. The van der Waals surface area contributed by atoms with Crippen molar-refractivity contribution in [1.29, 1.82) is 0 Å². The van der Waals surface area contributed by atoms with Crippen LogP contribution in [-0.4, -0.2) is 24.8 Å². The van der Waals surface area contributed by atoms with Crippen LogP contribution in [0.1, 0.15) is 59.3 Å². The van der Waals surface area contributed by atoms with E-state index in [1.54, 1.807) is 0 Å². The first-order valence-electron chi connectivity index (χ1n) is 10.1. The third kappa shape index (κ3) is 1.97. The molecule has 0 radical (unpaired) electrons. The first kappa shape index (κ1) is 16.3. The van der Waals surface area contributed by atoms with Crippen molar-refractivity contribution in [2.75, 3.05) is 6.79 Å². The van der Waals surface area contributed by atoms with Gasteiger partial charge in [-0.15, -0.1) is 0 Å². The van der Waals surface area contributed by atoms with E-state index < -0.39 is 0 Å². The third-order valence-electron chi connectivity index (χ3n) is 8.65. The van der Waals surface area contributed by atoms with Crippen molar-refractivity contribution in [3.63, 3.8) is 0 Å². The smallest absolute Gasteiger partial charge is 0.159 e. The standard InChI is InChI=1S/C22H30O3/c1-4-14-18(23)11-17-13-5-6-16-20-19(24-12-25-20)8-10-22(16,3)15(13)7-9-21(14,17)2/h4,6,13,15,17,19-20H,5,7-12H2,1-3H3/b14-4+/t13-,15+,17+,19+,20-,21-,22-/m1/s1. The molecule has 3 nitrogen and oxygen atoms in total. The molecule has 7 atom stereocenters. The number of ether oxygens (including phenoxy) is 2. The maximum Gasteiger partial charge on any atom is 0.159 e. The molecule has 136 valence electrons. The van der Waals surface area contributed by atoms with Gasteiger partial charge in [0.15, 0.2) is 5.78 Å². The molecule has 3 heteroatoms. The fraction of sp³-hybridized carbons (Fsp3) is 0.773. The number of ketones is 1. The number of carbonyl (C=O) groups excluding carboxylic acids is 1. The summed E-state index contributed by atoms with van der Waals surface area (Å²) in [5.74, 6) is 2.28. The Bertz CT molecular complexity index is 677. The molecular formula is C22H30O3. The molecule has 0 spiro atoms. The number of fused-ring (bicyclic) bond motifs is 7. The molecule has 5 aliphatic rings. The highest BCUT2D eigenvalue weighted by molar-refractivity contribution is 5.99. The lowest BCUT2D eigenvalue weighted by molar-refractivity contribution is -0.115. The molecule has 25 heavy (non-hydrogen) atoms. The Hall–Kier alpha value is -0.930. The highest BCUT2D eigenvalue weighted by Gasteiger charge is 2.60. The fourth-order valence-corrected chi connectivity index (χ4v) is 7.40. The second-order valence-electron chi connectivity index (χ2n) is 9.42. The Kier molecular flexibility index (Phi) is 3.44. The van der Waals surface area contributed by atoms with Crippen LogP contribution in [0.4, 0.5) is 0 Å². The molecule has 1 saturated heterocycles. The average molecular weight is 342 g/mol. The molecule has 0 bridgehead atoms. The van der Waals surface area contributed by atoms with Gasteiger partial charge in [-0.3, -0.25) is 4.79 Å². The summed E-state index contributed by atoms with van der Waals surface area (Å²) in [7, 11) is 0. The number of carbonyl (C=O) groups is 1. The highest BCUT2D eigenvalue weighted by atomic mass is 16.7. The molecule has 1 heterocycles. The van der Waals surface area contributed by atoms with E-state index in [0.29, 0.717) is 30.3 Å². The van der Waals surface area contributed by atoms with E-state index in [1.807, 2.05) is 6.92 Å². The topological polar surface area (TPSA) is 35.5 Å². The van der Waals surface area contributed by atoms with Gasteiger partial charge in [-0.05, 0) is 78.8 Å². The summed E-state index contributed by atoms with van der Waals surface area (Å²) < 4.78 is 11.8. The van der Waals surface area contributed by atoms with E-state index in [-0.39, 0.29) is 23.0 Å². The van der Waals surface area contributed by atoms with E-state index in [4.69, 9.17) is 9.47 Å². The van der Waals surface area contributed by atoms with Crippen molar-refractivity contribution in [3.05, 3.63) is 23.3 Å². The Morgan fingerprint density at radius 1 is 1.12 bits per heavy atom. The number of hydrogen-bond donors (Lipinski definition) is 0. The Morgan fingerprint density at radius 3 is 2.72 bits per heavy atom. The van der Waals surface area contributed by atoms with Crippen molar-refractivity contribution >= 4 is 5.78 Å². The minimum atomic E-state index is 0.110. The summed E-state index contributed by atoms with van der Waals surface area (Å²) in [4.78, 5) is 12.6. The maximum absolute atomic E-state index is 12.6. The van der Waals surface area contributed by atoms with Gasteiger partial charge in [-0.2, -0.15) is 0 Å². The number of rotatable bonds is 0. The van der Waals surface area contributed by atoms with Gasteiger partial charge < -0.3 is 9.47 Å². The van der Waals surface area contributed by atoms with Crippen LogP contribution in [0.15, 0.2) is 23.3 Å². The molecule has 0 amide bonds. The summed E-state index contributed by atoms with van der Waals surface area (Å²) in [6, 6.07) is 0. The van der Waals surface area contributed by atoms with Crippen molar-refractivity contribution in [2.45, 2.75) is 71.5 Å². The van der Waals surface area contributed by atoms with Gasteiger partial charge in [-0.1, -0.05) is 26.0 Å². The first-order chi connectivity index (χ1) is 12.0. The van der Waals surface area contributed by atoms with Crippen molar-refractivity contribution in [3.8, 4) is 0 Å². The summed E-state index contributed by atoms with van der Waals surface area (Å²) in [5.41, 5.74) is 2.98. The minimum absolute atomic E-state index is 0.110. The predicted molar refractivity (Wildman–Crippen MR) is 95.8 cm³/mol. The maximum atomic E-state index is 12.6. The van der Waals surface area contributed by atoms with E-state index in [9.17, 15) is 4.79 Å². The fourth-order valence-electron chi connectivity index (χ4n) is 7.40. The third-order valence-corrected chi connectivity index (χ3v) is 8.65. The van der Waals surface area contributed by atoms with Crippen molar-refractivity contribution in [2.24, 2.45) is 28.6 Å². The SMILES string of the molecule is C/C=C1\C(=O)C[C@H]2[C@@H]3CC=C4[C@H]5OCO[C@H]5CC[C@]4(C)[C@H]3CC[C@]12C. The first-order valence-corrected chi connectivity index (χ1v) is 10.1. The molecule has 5 rings (SSSR count). The number of Topliss-reactive ketones (excluding diaryl/α,β-unsaturated/α-hetero) is 1. The molecule has 4 fully saturated rings. The van der Waals surface area contributed by atoms with Crippen LogP contribution in [0.3, 0.4) is 0 Å². The Morgan fingerprint density at radius 2 is 1.92 bits per heavy atom.